The standard InChI is InChI=1S/C11H20N2O4/c1-7(14)8(9(15)16)13-10(17)11(6-12)4-2-3-5-11/h7-8,14H,2-6,12H2,1H3,(H,13,17)(H,15,16)/t7-,8+/m1/s1. The van der Waals surface area contributed by atoms with E-state index in [1.807, 2.05) is 0 Å². The molecule has 5 N–H and O–H groups in total. The summed E-state index contributed by atoms with van der Waals surface area (Å²) in [5, 5.41) is 20.6. The van der Waals surface area contributed by atoms with E-state index < -0.39 is 23.5 Å². The monoisotopic (exact) mass is 244 g/mol. The smallest absolute Gasteiger partial charge is 0.328 e. The summed E-state index contributed by atoms with van der Waals surface area (Å²) in [5.41, 5.74) is 4.98. The Hall–Kier alpha value is -1.14. The molecule has 1 fully saturated rings. The van der Waals surface area contributed by atoms with Crippen molar-refractivity contribution in [3.05, 3.63) is 0 Å². The molecule has 0 saturated heterocycles. The molecule has 0 aromatic heterocycles. The van der Waals surface area contributed by atoms with Gasteiger partial charge in [0.05, 0.1) is 11.5 Å². The van der Waals surface area contributed by atoms with Crippen LogP contribution in [0.2, 0.25) is 0 Å². The number of amides is 1. The first kappa shape index (κ1) is 13.9. The third-order valence-corrected chi connectivity index (χ3v) is 3.47. The lowest BCUT2D eigenvalue weighted by atomic mass is 9.85. The highest BCUT2D eigenvalue weighted by atomic mass is 16.4. The summed E-state index contributed by atoms with van der Waals surface area (Å²) in [6.45, 7) is 1.55. The first-order valence-electron chi connectivity index (χ1n) is 5.85. The molecule has 6 heteroatoms. The number of hydrogen-bond acceptors (Lipinski definition) is 4. The molecular weight excluding hydrogens is 224 g/mol. The molecule has 1 amide bonds. The highest BCUT2D eigenvalue weighted by Crippen LogP contribution is 2.37. The molecule has 1 aliphatic rings. The summed E-state index contributed by atoms with van der Waals surface area (Å²) >= 11 is 0. The Bertz CT molecular complexity index is 298. The number of carboxylic acid groups (broad SMARTS) is 1. The Morgan fingerprint density at radius 1 is 1.41 bits per heavy atom. The maximum absolute atomic E-state index is 12.1. The third-order valence-electron chi connectivity index (χ3n) is 3.47. The highest BCUT2D eigenvalue weighted by Gasteiger charge is 2.41. The summed E-state index contributed by atoms with van der Waals surface area (Å²) in [6, 6.07) is -1.27. The van der Waals surface area contributed by atoms with Crippen molar-refractivity contribution < 1.29 is 19.8 Å². The number of carbonyl (C=O) groups excluding carboxylic acids is 1. The SMILES string of the molecule is C[C@@H](O)[C@H](NC(=O)C1(CN)CCCC1)C(=O)O. The van der Waals surface area contributed by atoms with Crippen molar-refractivity contribution in [3.8, 4) is 0 Å². The van der Waals surface area contributed by atoms with Crippen LogP contribution < -0.4 is 11.1 Å². The fourth-order valence-electron chi connectivity index (χ4n) is 2.26. The molecule has 1 rings (SSSR count). The minimum Gasteiger partial charge on any atom is -0.480 e. The van der Waals surface area contributed by atoms with Gasteiger partial charge in [0.25, 0.3) is 0 Å². The van der Waals surface area contributed by atoms with Gasteiger partial charge >= 0.3 is 5.97 Å². The molecule has 0 aromatic carbocycles. The zero-order chi connectivity index (χ0) is 13.1. The van der Waals surface area contributed by atoms with Gasteiger partial charge in [0.2, 0.25) is 5.91 Å². The molecule has 0 aliphatic heterocycles. The zero-order valence-electron chi connectivity index (χ0n) is 9.98. The average Bonchev–Trinajstić information content (AvgIpc) is 2.74. The Morgan fingerprint density at radius 3 is 2.29 bits per heavy atom. The molecule has 0 aromatic rings. The van der Waals surface area contributed by atoms with Crippen LogP contribution in [0.5, 0.6) is 0 Å². The molecule has 6 nitrogen and oxygen atoms in total. The van der Waals surface area contributed by atoms with Crippen LogP contribution >= 0.6 is 0 Å². The van der Waals surface area contributed by atoms with E-state index in [1.54, 1.807) is 0 Å². The number of aliphatic hydroxyl groups excluding tert-OH is 1. The number of hydrogen-bond donors (Lipinski definition) is 4. The Labute approximate surface area is 100 Å². The number of aliphatic hydroxyl groups is 1. The largest absolute Gasteiger partial charge is 0.480 e. The third kappa shape index (κ3) is 2.95. The van der Waals surface area contributed by atoms with Crippen molar-refractivity contribution in [2.24, 2.45) is 11.1 Å². The number of carbonyl (C=O) groups is 2. The van der Waals surface area contributed by atoms with E-state index in [-0.39, 0.29) is 12.5 Å². The second-order valence-corrected chi connectivity index (χ2v) is 4.72. The second kappa shape index (κ2) is 5.46. The molecule has 1 aliphatic carbocycles. The van der Waals surface area contributed by atoms with Crippen LogP contribution in [0.4, 0.5) is 0 Å². The number of nitrogens with one attached hydrogen (secondary N) is 1. The maximum atomic E-state index is 12.1. The summed E-state index contributed by atoms with van der Waals surface area (Å²) in [4.78, 5) is 22.9. The molecule has 1 saturated carbocycles. The highest BCUT2D eigenvalue weighted by molar-refractivity contribution is 5.88. The fourth-order valence-corrected chi connectivity index (χ4v) is 2.26. The molecular formula is C11H20N2O4. The van der Waals surface area contributed by atoms with Gasteiger partial charge in [-0.1, -0.05) is 12.8 Å². The molecule has 0 heterocycles. The van der Waals surface area contributed by atoms with Crippen molar-refractivity contribution in [2.45, 2.75) is 44.8 Å². The summed E-state index contributed by atoms with van der Waals surface area (Å²) in [7, 11) is 0. The van der Waals surface area contributed by atoms with Gasteiger partial charge in [-0.15, -0.1) is 0 Å². The molecule has 17 heavy (non-hydrogen) atoms. The summed E-state index contributed by atoms with van der Waals surface area (Å²) < 4.78 is 0. The van der Waals surface area contributed by atoms with E-state index in [0.717, 1.165) is 12.8 Å². The fraction of sp³-hybridized carbons (Fsp3) is 0.818. The maximum Gasteiger partial charge on any atom is 0.328 e. The number of carboxylic acids is 1. The normalized spacial score (nSPS) is 21.8. The van der Waals surface area contributed by atoms with E-state index >= 15 is 0 Å². The van der Waals surface area contributed by atoms with E-state index in [0.29, 0.717) is 12.8 Å². The van der Waals surface area contributed by atoms with E-state index in [1.165, 1.54) is 6.92 Å². The van der Waals surface area contributed by atoms with Crippen molar-refractivity contribution in [1.29, 1.82) is 0 Å². The number of rotatable bonds is 5. The predicted octanol–water partition coefficient (Wildman–Crippen LogP) is -0.544. The first-order chi connectivity index (χ1) is 7.93. The van der Waals surface area contributed by atoms with Crippen LogP contribution in [0.1, 0.15) is 32.6 Å². The van der Waals surface area contributed by atoms with Crippen LogP contribution in [0, 0.1) is 5.41 Å². The van der Waals surface area contributed by atoms with Crippen LogP contribution in [0.25, 0.3) is 0 Å². The van der Waals surface area contributed by atoms with E-state index in [4.69, 9.17) is 10.8 Å². The Balaban J connectivity index is 2.72. The van der Waals surface area contributed by atoms with Gasteiger partial charge < -0.3 is 21.3 Å². The van der Waals surface area contributed by atoms with Gasteiger partial charge in [0, 0.05) is 6.54 Å². The summed E-state index contributed by atoms with van der Waals surface area (Å²) in [6.07, 6.45) is 2.09. The van der Waals surface area contributed by atoms with Gasteiger partial charge in [-0.05, 0) is 19.8 Å². The lowest BCUT2D eigenvalue weighted by Gasteiger charge is -2.28. The quantitative estimate of drug-likeness (QED) is 0.518. The minimum absolute atomic E-state index is 0.213. The van der Waals surface area contributed by atoms with Crippen LogP contribution in [-0.4, -0.2) is 40.8 Å². The lowest BCUT2D eigenvalue weighted by molar-refractivity contribution is -0.146. The molecule has 0 radical (unpaired) electrons. The lowest BCUT2D eigenvalue weighted by Crippen LogP contribution is -2.54. The van der Waals surface area contributed by atoms with Crippen LogP contribution in [0.15, 0.2) is 0 Å². The van der Waals surface area contributed by atoms with Crippen LogP contribution in [0.3, 0.4) is 0 Å². The van der Waals surface area contributed by atoms with Gasteiger partial charge in [-0.25, -0.2) is 4.79 Å². The molecule has 0 spiro atoms. The first-order valence-corrected chi connectivity index (χ1v) is 5.85. The van der Waals surface area contributed by atoms with Gasteiger partial charge in [-0.2, -0.15) is 0 Å². The number of aliphatic carboxylic acids is 1. The van der Waals surface area contributed by atoms with Gasteiger partial charge in [-0.3, -0.25) is 4.79 Å². The minimum atomic E-state index is -1.27. The zero-order valence-corrected chi connectivity index (χ0v) is 9.98. The second-order valence-electron chi connectivity index (χ2n) is 4.72. The molecule has 2 atom stereocenters. The van der Waals surface area contributed by atoms with Crippen LogP contribution in [-0.2, 0) is 9.59 Å². The van der Waals surface area contributed by atoms with E-state index in [2.05, 4.69) is 5.32 Å². The number of nitrogens with two attached hydrogens (primary N) is 1. The molecule has 98 valence electrons. The van der Waals surface area contributed by atoms with Crippen molar-refractivity contribution in [2.75, 3.05) is 6.54 Å². The molecule has 0 unspecified atom stereocenters. The summed E-state index contributed by atoms with van der Waals surface area (Å²) in [5.74, 6) is -1.59. The van der Waals surface area contributed by atoms with Gasteiger partial charge in [0.1, 0.15) is 0 Å². The van der Waals surface area contributed by atoms with Crippen molar-refractivity contribution in [1.82, 2.24) is 5.32 Å². The average molecular weight is 244 g/mol. The van der Waals surface area contributed by atoms with E-state index in [9.17, 15) is 14.7 Å². The van der Waals surface area contributed by atoms with Crippen molar-refractivity contribution in [3.63, 3.8) is 0 Å². The molecule has 0 bridgehead atoms. The van der Waals surface area contributed by atoms with Crippen molar-refractivity contribution >= 4 is 11.9 Å². The Morgan fingerprint density at radius 2 is 1.94 bits per heavy atom. The Kier molecular flexibility index (Phi) is 4.47. The van der Waals surface area contributed by atoms with Gasteiger partial charge in [0.15, 0.2) is 6.04 Å². The topological polar surface area (TPSA) is 113 Å². The predicted molar refractivity (Wildman–Crippen MR) is 61.2 cm³/mol.